The molecule has 3 heteroatoms. The van der Waals surface area contributed by atoms with E-state index in [1.54, 1.807) is 0 Å². The largest absolute Gasteiger partial charge is 0.362 e. The Morgan fingerprint density at radius 3 is 2.00 bits per heavy atom. The van der Waals surface area contributed by atoms with E-state index in [4.69, 9.17) is 0 Å². The van der Waals surface area contributed by atoms with E-state index < -0.39 is 0 Å². The molecule has 0 aromatic carbocycles. The number of nitrogens with zero attached hydrogens (tertiary/aromatic N) is 2. The fourth-order valence-electron chi connectivity index (χ4n) is 2.18. The first-order chi connectivity index (χ1) is 7.83. The minimum Gasteiger partial charge on any atom is -0.362 e. The first kappa shape index (κ1) is 18.0. The first-order valence-electron chi connectivity index (χ1n) is 6.95. The number of hydrogen-bond donors (Lipinski definition) is 0. The average Bonchev–Trinajstić information content (AvgIpc) is 2.68. The second kappa shape index (κ2) is 12.0. The molecule has 1 heterocycles. The second-order valence-corrected chi connectivity index (χ2v) is 4.98. The van der Waals surface area contributed by atoms with Crippen molar-refractivity contribution < 1.29 is 0 Å². The van der Waals surface area contributed by atoms with Gasteiger partial charge in [0, 0.05) is 77.4 Å². The molecule has 1 radical (unpaired) electrons. The molecule has 2 nitrogen and oxygen atoms in total. The summed E-state index contributed by atoms with van der Waals surface area (Å²) in [5.41, 5.74) is 0. The van der Waals surface area contributed by atoms with Gasteiger partial charge in [-0.15, -0.1) is 0 Å². The normalized spacial score (nSPS) is 14.2. The summed E-state index contributed by atoms with van der Waals surface area (Å²) in [4.78, 5) is 4.63. The average molecular weight is 263 g/mol. The third-order valence-corrected chi connectivity index (χ3v) is 3.24. The van der Waals surface area contributed by atoms with Crippen molar-refractivity contribution in [1.82, 2.24) is 9.80 Å². The van der Waals surface area contributed by atoms with Gasteiger partial charge in [-0.05, 0) is 6.42 Å². The molecule has 1 rings (SSSR count). The standard InChI is InChI=1S/C14H28N2.K/c1-3-4-5-6-7-8-9-10-11-16-13-12-15(2)14-16;/h12-13H,3-11,14H2,1-2H3;. The van der Waals surface area contributed by atoms with Gasteiger partial charge in [0.05, 0.1) is 6.67 Å². The van der Waals surface area contributed by atoms with E-state index in [1.165, 1.54) is 57.9 Å². The topological polar surface area (TPSA) is 6.48 Å². The van der Waals surface area contributed by atoms with Gasteiger partial charge in [0.15, 0.2) is 0 Å². The van der Waals surface area contributed by atoms with Gasteiger partial charge in [0.25, 0.3) is 0 Å². The van der Waals surface area contributed by atoms with Gasteiger partial charge in [-0.3, -0.25) is 0 Å². The van der Waals surface area contributed by atoms with Crippen molar-refractivity contribution in [3.63, 3.8) is 0 Å². The molecule has 0 amide bonds. The summed E-state index contributed by atoms with van der Waals surface area (Å²) >= 11 is 0. The van der Waals surface area contributed by atoms with Crippen LogP contribution in [-0.2, 0) is 0 Å². The molecule has 0 saturated heterocycles. The fourth-order valence-corrected chi connectivity index (χ4v) is 2.18. The summed E-state index contributed by atoms with van der Waals surface area (Å²) < 4.78 is 0. The minimum atomic E-state index is 0. The van der Waals surface area contributed by atoms with E-state index in [-0.39, 0.29) is 51.4 Å². The molecule has 17 heavy (non-hydrogen) atoms. The molecule has 0 unspecified atom stereocenters. The van der Waals surface area contributed by atoms with Crippen LogP contribution in [0.15, 0.2) is 12.4 Å². The van der Waals surface area contributed by atoms with Crippen LogP contribution in [0.2, 0.25) is 0 Å². The molecule has 0 spiro atoms. The monoisotopic (exact) mass is 263 g/mol. The van der Waals surface area contributed by atoms with Crippen LogP contribution in [0.3, 0.4) is 0 Å². The van der Waals surface area contributed by atoms with E-state index in [9.17, 15) is 0 Å². The van der Waals surface area contributed by atoms with Gasteiger partial charge in [0.1, 0.15) is 0 Å². The Morgan fingerprint density at radius 1 is 0.882 bits per heavy atom. The Labute approximate surface area is 150 Å². The summed E-state index contributed by atoms with van der Waals surface area (Å²) in [7, 11) is 2.13. The molecule has 0 fully saturated rings. The third kappa shape index (κ3) is 9.54. The zero-order valence-electron chi connectivity index (χ0n) is 12.1. The maximum absolute atomic E-state index is 2.40. The molecular formula is C14H28KN2. The van der Waals surface area contributed by atoms with Crippen molar-refractivity contribution in [3.05, 3.63) is 12.4 Å². The van der Waals surface area contributed by atoms with Gasteiger partial charge in [-0.2, -0.15) is 0 Å². The van der Waals surface area contributed by atoms with E-state index in [0.29, 0.717) is 0 Å². The van der Waals surface area contributed by atoms with Crippen LogP contribution < -0.4 is 0 Å². The van der Waals surface area contributed by atoms with E-state index >= 15 is 0 Å². The van der Waals surface area contributed by atoms with Crippen LogP contribution in [0.1, 0.15) is 58.3 Å². The molecule has 0 aromatic rings. The van der Waals surface area contributed by atoms with Gasteiger partial charge >= 0.3 is 0 Å². The van der Waals surface area contributed by atoms with E-state index in [0.717, 1.165) is 6.67 Å². The zero-order chi connectivity index (χ0) is 11.6. The molecule has 1 aliphatic heterocycles. The summed E-state index contributed by atoms with van der Waals surface area (Å²) in [6.45, 7) is 4.59. The molecule has 0 atom stereocenters. The van der Waals surface area contributed by atoms with Gasteiger partial charge in [0.2, 0.25) is 0 Å². The maximum Gasteiger partial charge on any atom is 0.0890 e. The van der Waals surface area contributed by atoms with Crippen LogP contribution in [-0.4, -0.2) is 81.4 Å². The van der Waals surface area contributed by atoms with Crippen LogP contribution in [0.5, 0.6) is 0 Å². The summed E-state index contributed by atoms with van der Waals surface area (Å²) in [6.07, 6.45) is 15.7. The van der Waals surface area contributed by atoms with Crippen molar-refractivity contribution in [2.45, 2.75) is 58.3 Å². The second-order valence-electron chi connectivity index (χ2n) is 4.98. The smallest absolute Gasteiger partial charge is 0.0890 e. The van der Waals surface area contributed by atoms with Crippen molar-refractivity contribution in [2.24, 2.45) is 0 Å². The van der Waals surface area contributed by atoms with Gasteiger partial charge < -0.3 is 9.80 Å². The Balaban J connectivity index is 0.00000256. The van der Waals surface area contributed by atoms with Crippen molar-refractivity contribution >= 4 is 51.4 Å². The zero-order valence-corrected chi connectivity index (χ0v) is 15.2. The molecule has 0 bridgehead atoms. The van der Waals surface area contributed by atoms with Crippen LogP contribution in [0, 0.1) is 0 Å². The number of unbranched alkanes of at least 4 members (excludes halogenated alkanes) is 7. The molecular weight excluding hydrogens is 235 g/mol. The van der Waals surface area contributed by atoms with Gasteiger partial charge in [-0.1, -0.05) is 51.9 Å². The number of hydrogen-bond acceptors (Lipinski definition) is 2. The minimum absolute atomic E-state index is 0. The Kier molecular flexibility index (Phi) is 12.7. The van der Waals surface area contributed by atoms with Crippen molar-refractivity contribution in [3.8, 4) is 0 Å². The van der Waals surface area contributed by atoms with Crippen LogP contribution in [0.25, 0.3) is 0 Å². The summed E-state index contributed by atoms with van der Waals surface area (Å²) in [5, 5.41) is 0. The Bertz CT molecular complexity index is 195. The van der Waals surface area contributed by atoms with E-state index in [2.05, 4.69) is 36.2 Å². The van der Waals surface area contributed by atoms with Crippen LogP contribution >= 0.6 is 0 Å². The van der Waals surface area contributed by atoms with Crippen molar-refractivity contribution in [1.29, 1.82) is 0 Å². The fraction of sp³-hybridized carbons (Fsp3) is 0.857. The molecule has 95 valence electrons. The van der Waals surface area contributed by atoms with Crippen molar-refractivity contribution in [2.75, 3.05) is 20.3 Å². The quantitative estimate of drug-likeness (QED) is 0.464. The molecule has 1 aliphatic rings. The predicted molar refractivity (Wildman–Crippen MR) is 76.8 cm³/mol. The molecule has 0 saturated carbocycles. The SMILES string of the molecule is CCCCCCCCCCN1C=CN(C)C1.[K]. The molecule has 0 N–H and O–H groups in total. The Morgan fingerprint density at radius 2 is 1.47 bits per heavy atom. The Hall–Kier alpha value is 0.976. The van der Waals surface area contributed by atoms with E-state index in [1.807, 2.05) is 0 Å². The molecule has 0 aromatic heterocycles. The molecule has 0 aliphatic carbocycles. The predicted octanol–water partition coefficient (Wildman–Crippen LogP) is 3.42. The van der Waals surface area contributed by atoms with Gasteiger partial charge in [-0.25, -0.2) is 0 Å². The summed E-state index contributed by atoms with van der Waals surface area (Å²) in [6, 6.07) is 0. The van der Waals surface area contributed by atoms with Crippen LogP contribution in [0.4, 0.5) is 0 Å². The maximum atomic E-state index is 2.40. The third-order valence-electron chi connectivity index (χ3n) is 3.24. The first-order valence-corrected chi connectivity index (χ1v) is 6.95. The summed E-state index contributed by atoms with van der Waals surface area (Å²) in [5.74, 6) is 0. The number of rotatable bonds is 9.